The number of aryl methyl sites for hydroxylation is 1. The van der Waals surface area contributed by atoms with Crippen molar-refractivity contribution in [3.8, 4) is 5.75 Å². The van der Waals surface area contributed by atoms with Gasteiger partial charge in [-0.25, -0.2) is 0 Å². The number of ether oxygens (including phenoxy) is 2. The molecule has 20 heavy (non-hydrogen) atoms. The molecule has 2 rings (SSSR count). The monoisotopic (exact) mass is 281 g/mol. The van der Waals surface area contributed by atoms with Gasteiger partial charge in [-0.3, -0.25) is 9.29 Å². The van der Waals surface area contributed by atoms with Crippen LogP contribution in [0.4, 0.5) is 4.39 Å². The first-order valence-corrected chi connectivity index (χ1v) is 7.46. The Morgan fingerprint density at radius 1 is 1.10 bits per heavy atom. The van der Waals surface area contributed by atoms with E-state index in [0.29, 0.717) is 13.0 Å². The van der Waals surface area contributed by atoms with E-state index in [1.54, 1.807) is 0 Å². The van der Waals surface area contributed by atoms with Crippen LogP contribution >= 0.6 is 0 Å². The summed E-state index contributed by atoms with van der Waals surface area (Å²) in [6, 6.07) is 8.15. The Bertz CT molecular complexity index is 363. The topological polar surface area (TPSA) is 21.7 Å². The van der Waals surface area contributed by atoms with E-state index in [-0.39, 0.29) is 6.67 Å². The van der Waals surface area contributed by atoms with Crippen LogP contribution in [0.1, 0.15) is 18.4 Å². The maximum Gasteiger partial charge on any atom is 0.119 e. The van der Waals surface area contributed by atoms with Gasteiger partial charge in [0.05, 0.1) is 26.5 Å². The van der Waals surface area contributed by atoms with E-state index in [9.17, 15) is 4.39 Å². The summed E-state index contributed by atoms with van der Waals surface area (Å²) < 4.78 is 22.7. The zero-order valence-corrected chi connectivity index (χ0v) is 12.0. The van der Waals surface area contributed by atoms with E-state index in [0.717, 1.165) is 45.0 Å². The molecule has 3 nitrogen and oxygen atoms in total. The molecule has 0 aromatic heterocycles. The largest absolute Gasteiger partial charge is 0.494 e. The minimum absolute atomic E-state index is 0.320. The second-order valence-electron chi connectivity index (χ2n) is 5.09. The van der Waals surface area contributed by atoms with Gasteiger partial charge >= 0.3 is 0 Å². The summed E-state index contributed by atoms with van der Waals surface area (Å²) in [7, 11) is 0. The van der Waals surface area contributed by atoms with Crippen LogP contribution in [0.3, 0.4) is 0 Å². The zero-order valence-electron chi connectivity index (χ0n) is 12.0. The number of halogens is 1. The Morgan fingerprint density at radius 2 is 1.85 bits per heavy atom. The minimum atomic E-state index is -0.320. The van der Waals surface area contributed by atoms with Gasteiger partial charge in [0.1, 0.15) is 5.75 Å². The molecule has 1 aromatic carbocycles. The number of hydrogen-bond acceptors (Lipinski definition) is 3. The molecule has 1 aliphatic rings. The average molecular weight is 281 g/mol. The van der Waals surface area contributed by atoms with Crippen LogP contribution in [0.15, 0.2) is 24.3 Å². The smallest absolute Gasteiger partial charge is 0.119 e. The number of rotatable bonds is 8. The third-order valence-electron chi connectivity index (χ3n) is 3.51. The van der Waals surface area contributed by atoms with E-state index in [1.165, 1.54) is 12.0 Å². The molecule has 1 aliphatic heterocycles. The number of hydrogen-bond donors (Lipinski definition) is 0. The highest BCUT2D eigenvalue weighted by molar-refractivity contribution is 5.27. The van der Waals surface area contributed by atoms with Gasteiger partial charge in [-0.05, 0) is 37.1 Å². The van der Waals surface area contributed by atoms with Gasteiger partial charge in [-0.15, -0.1) is 0 Å². The van der Waals surface area contributed by atoms with Crippen LogP contribution in [0.25, 0.3) is 0 Å². The van der Waals surface area contributed by atoms with Crippen LogP contribution < -0.4 is 4.74 Å². The molecule has 0 bridgehead atoms. The Hall–Kier alpha value is -1.13. The molecule has 0 atom stereocenters. The predicted octanol–water partition coefficient (Wildman–Crippen LogP) is 2.69. The second-order valence-corrected chi connectivity index (χ2v) is 5.09. The molecule has 0 spiro atoms. The van der Waals surface area contributed by atoms with Crippen molar-refractivity contribution in [2.45, 2.75) is 19.3 Å². The van der Waals surface area contributed by atoms with Gasteiger partial charge in [-0.1, -0.05) is 12.1 Å². The number of benzene rings is 1. The van der Waals surface area contributed by atoms with Crippen LogP contribution in [0.5, 0.6) is 5.75 Å². The van der Waals surface area contributed by atoms with E-state index in [4.69, 9.17) is 9.47 Å². The summed E-state index contributed by atoms with van der Waals surface area (Å²) in [5.41, 5.74) is 1.33. The Kier molecular flexibility index (Phi) is 6.81. The second kappa shape index (κ2) is 8.93. The zero-order chi connectivity index (χ0) is 14.0. The molecular weight excluding hydrogens is 257 g/mol. The molecule has 0 aliphatic carbocycles. The van der Waals surface area contributed by atoms with Crippen molar-refractivity contribution in [3.63, 3.8) is 0 Å². The number of morpholine rings is 1. The summed E-state index contributed by atoms with van der Waals surface area (Å²) in [5, 5.41) is 0. The van der Waals surface area contributed by atoms with Crippen molar-refractivity contribution in [2.24, 2.45) is 0 Å². The molecule has 1 saturated heterocycles. The fourth-order valence-electron chi connectivity index (χ4n) is 2.33. The molecule has 1 aromatic rings. The maximum absolute atomic E-state index is 12.0. The molecule has 0 amide bonds. The SMILES string of the molecule is FCCCOc1ccc(CCCN2CCOCC2)cc1. The molecule has 0 saturated carbocycles. The highest BCUT2D eigenvalue weighted by Crippen LogP contribution is 2.14. The predicted molar refractivity (Wildman–Crippen MR) is 78.1 cm³/mol. The summed E-state index contributed by atoms with van der Waals surface area (Å²) in [4.78, 5) is 2.46. The van der Waals surface area contributed by atoms with Gasteiger partial charge in [-0.2, -0.15) is 0 Å². The molecule has 0 unspecified atom stereocenters. The lowest BCUT2D eigenvalue weighted by atomic mass is 10.1. The highest BCUT2D eigenvalue weighted by atomic mass is 19.1. The Labute approximate surface area is 120 Å². The summed E-state index contributed by atoms with van der Waals surface area (Å²) in [6.07, 6.45) is 2.71. The fourth-order valence-corrected chi connectivity index (χ4v) is 2.33. The van der Waals surface area contributed by atoms with E-state index < -0.39 is 0 Å². The maximum atomic E-state index is 12.0. The van der Waals surface area contributed by atoms with Crippen LogP contribution in [0.2, 0.25) is 0 Å². The molecule has 0 radical (unpaired) electrons. The van der Waals surface area contributed by atoms with Crippen molar-refractivity contribution in [3.05, 3.63) is 29.8 Å². The van der Waals surface area contributed by atoms with Crippen molar-refractivity contribution < 1.29 is 13.9 Å². The first-order chi connectivity index (χ1) is 9.88. The van der Waals surface area contributed by atoms with Gasteiger partial charge in [0.15, 0.2) is 0 Å². The highest BCUT2D eigenvalue weighted by Gasteiger charge is 2.09. The van der Waals surface area contributed by atoms with Gasteiger partial charge in [0.25, 0.3) is 0 Å². The first kappa shape index (κ1) is 15.3. The quantitative estimate of drug-likeness (QED) is 0.684. The van der Waals surface area contributed by atoms with Crippen LogP contribution in [-0.4, -0.2) is 51.0 Å². The number of nitrogens with zero attached hydrogens (tertiary/aromatic N) is 1. The molecule has 1 fully saturated rings. The molecule has 0 N–H and O–H groups in total. The van der Waals surface area contributed by atoms with Gasteiger partial charge in [0, 0.05) is 19.5 Å². The van der Waals surface area contributed by atoms with Gasteiger partial charge in [0.2, 0.25) is 0 Å². The Morgan fingerprint density at radius 3 is 2.55 bits per heavy atom. The third kappa shape index (κ3) is 5.47. The molecular formula is C16H24FNO2. The van der Waals surface area contributed by atoms with Crippen molar-refractivity contribution in [1.82, 2.24) is 4.90 Å². The average Bonchev–Trinajstić information content (AvgIpc) is 2.50. The lowest BCUT2D eigenvalue weighted by Gasteiger charge is -2.26. The summed E-state index contributed by atoms with van der Waals surface area (Å²) in [5.74, 6) is 0.829. The van der Waals surface area contributed by atoms with E-state index in [1.807, 2.05) is 12.1 Å². The third-order valence-corrected chi connectivity index (χ3v) is 3.51. The summed E-state index contributed by atoms with van der Waals surface area (Å²) in [6.45, 7) is 5.11. The molecule has 1 heterocycles. The van der Waals surface area contributed by atoms with Crippen molar-refractivity contribution in [2.75, 3.05) is 46.1 Å². The standard InChI is InChI=1S/C16H24FNO2/c17-8-2-12-20-16-6-4-15(5-7-16)3-1-9-18-10-13-19-14-11-18/h4-7H,1-3,8-14H2. The van der Waals surface area contributed by atoms with Crippen LogP contribution in [-0.2, 0) is 11.2 Å². The molecule has 112 valence electrons. The summed E-state index contributed by atoms with van der Waals surface area (Å²) >= 11 is 0. The van der Waals surface area contributed by atoms with E-state index >= 15 is 0 Å². The molecule has 4 heteroatoms. The van der Waals surface area contributed by atoms with Gasteiger partial charge < -0.3 is 9.47 Å². The number of alkyl halides is 1. The lowest BCUT2D eigenvalue weighted by molar-refractivity contribution is 0.0374. The van der Waals surface area contributed by atoms with Crippen molar-refractivity contribution in [1.29, 1.82) is 0 Å². The minimum Gasteiger partial charge on any atom is -0.494 e. The fraction of sp³-hybridized carbons (Fsp3) is 0.625. The lowest BCUT2D eigenvalue weighted by Crippen LogP contribution is -2.36. The normalized spacial score (nSPS) is 16.2. The van der Waals surface area contributed by atoms with E-state index in [2.05, 4.69) is 17.0 Å². The first-order valence-electron chi connectivity index (χ1n) is 7.46. The van der Waals surface area contributed by atoms with Crippen LogP contribution in [0, 0.1) is 0 Å². The Balaban J connectivity index is 1.65. The van der Waals surface area contributed by atoms with Crippen molar-refractivity contribution >= 4 is 0 Å².